The van der Waals surface area contributed by atoms with Crippen molar-refractivity contribution in [3.63, 3.8) is 0 Å². The zero-order valence-electron chi connectivity index (χ0n) is 22.7. The molecule has 11 heteroatoms. The van der Waals surface area contributed by atoms with Crippen molar-refractivity contribution in [1.29, 1.82) is 0 Å². The molecule has 0 radical (unpaired) electrons. The largest absolute Gasteiger partial charge is 0.461 e. The molecule has 3 aromatic carbocycles. The zero-order chi connectivity index (χ0) is 29.8. The number of anilines is 2. The van der Waals surface area contributed by atoms with Gasteiger partial charge in [0.2, 0.25) is 0 Å². The summed E-state index contributed by atoms with van der Waals surface area (Å²) in [5.41, 5.74) is 1.99. The Morgan fingerprint density at radius 1 is 0.805 bits per heavy atom. The normalized spacial score (nSPS) is 12.8. The molecule has 0 bridgehead atoms. The Bertz CT molecular complexity index is 1340. The molecular formula is C30H32Cl2N4O5. The summed E-state index contributed by atoms with van der Waals surface area (Å²) in [6, 6.07) is 18.1. The van der Waals surface area contributed by atoms with E-state index in [2.05, 4.69) is 21.3 Å². The van der Waals surface area contributed by atoms with Crippen molar-refractivity contribution in [1.82, 2.24) is 10.6 Å². The maximum atomic E-state index is 12.9. The first-order valence-corrected chi connectivity index (χ1v) is 13.8. The molecule has 3 atom stereocenters. The summed E-state index contributed by atoms with van der Waals surface area (Å²) in [5.74, 6) is -0.570. The second-order valence-electron chi connectivity index (χ2n) is 9.34. The maximum Gasteiger partial charge on any atom is 0.329 e. The molecule has 1 unspecified atom stereocenters. The minimum atomic E-state index is -0.967. The average Bonchev–Trinajstić information content (AvgIpc) is 2.95. The van der Waals surface area contributed by atoms with Crippen LogP contribution in [0.1, 0.15) is 31.4 Å². The van der Waals surface area contributed by atoms with Crippen LogP contribution in [0.25, 0.3) is 0 Å². The van der Waals surface area contributed by atoms with E-state index >= 15 is 0 Å². The highest BCUT2D eigenvalue weighted by Crippen LogP contribution is 2.32. The predicted molar refractivity (Wildman–Crippen MR) is 161 cm³/mol. The highest BCUT2D eigenvalue weighted by Gasteiger charge is 2.25. The number of urea groups is 2. The second-order valence-corrected chi connectivity index (χ2v) is 10.2. The van der Waals surface area contributed by atoms with Gasteiger partial charge in [-0.1, -0.05) is 90.8 Å². The highest BCUT2D eigenvalue weighted by atomic mass is 35.5. The smallest absolute Gasteiger partial charge is 0.329 e. The summed E-state index contributed by atoms with van der Waals surface area (Å²) in [5, 5.41) is 10.6. The fourth-order valence-electron chi connectivity index (χ4n) is 3.79. The number of halogens is 2. The lowest BCUT2D eigenvalue weighted by molar-refractivity contribution is -0.150. The van der Waals surface area contributed by atoms with Crippen molar-refractivity contribution in [3.8, 4) is 0 Å². The minimum Gasteiger partial charge on any atom is -0.461 e. The molecule has 0 heterocycles. The standard InChI is InChI=1S/C30H32Cl2N4O5/c1-3-19(2)41-28(38)27(15-21-12-8-5-9-13-21)36-30(40)35-26-17-25(23(31)16-24(26)32)34-29(39)33-22(18-37)14-20-10-6-4-7-11-20/h4-13,16-19,22,27H,3,14-15H2,1-2H3,(H2,33,34,39)(H2,35,36,40)/t19?,22-,27-/m0/s1. The molecule has 4 N–H and O–H groups in total. The topological polar surface area (TPSA) is 126 Å². The Kier molecular flexibility index (Phi) is 12.0. The number of carbonyl (C=O) groups excluding carboxylic acids is 4. The van der Waals surface area contributed by atoms with Crippen molar-refractivity contribution >= 4 is 58.9 Å². The number of benzene rings is 3. The van der Waals surface area contributed by atoms with Gasteiger partial charge in [-0.05, 0) is 43.0 Å². The summed E-state index contributed by atoms with van der Waals surface area (Å²) in [6.07, 6.45) is 1.47. The molecule has 0 fully saturated rings. The third-order valence-corrected chi connectivity index (χ3v) is 6.72. The lowest BCUT2D eigenvalue weighted by Crippen LogP contribution is -2.46. The first kappa shape index (κ1) is 31.4. The molecule has 216 valence electrons. The van der Waals surface area contributed by atoms with Crippen molar-refractivity contribution in [2.45, 2.75) is 51.3 Å². The zero-order valence-corrected chi connectivity index (χ0v) is 24.2. The van der Waals surface area contributed by atoms with Crippen LogP contribution < -0.4 is 21.3 Å². The van der Waals surface area contributed by atoms with Gasteiger partial charge in [0.05, 0.1) is 33.6 Å². The predicted octanol–water partition coefficient (Wildman–Crippen LogP) is 6.00. The molecule has 0 aliphatic heterocycles. The van der Waals surface area contributed by atoms with Gasteiger partial charge >= 0.3 is 18.0 Å². The highest BCUT2D eigenvalue weighted by molar-refractivity contribution is 6.38. The number of amides is 4. The van der Waals surface area contributed by atoms with Gasteiger partial charge < -0.3 is 30.8 Å². The van der Waals surface area contributed by atoms with E-state index in [1.54, 1.807) is 6.92 Å². The van der Waals surface area contributed by atoms with Crippen LogP contribution in [0.15, 0.2) is 72.8 Å². The molecule has 9 nitrogen and oxygen atoms in total. The van der Waals surface area contributed by atoms with Crippen LogP contribution in [0.3, 0.4) is 0 Å². The quantitative estimate of drug-likeness (QED) is 0.150. The fraction of sp³-hybridized carbons (Fsp3) is 0.267. The van der Waals surface area contributed by atoms with Crippen LogP contribution in [0, 0.1) is 0 Å². The van der Waals surface area contributed by atoms with E-state index in [1.165, 1.54) is 12.1 Å². The summed E-state index contributed by atoms with van der Waals surface area (Å²) >= 11 is 12.6. The van der Waals surface area contributed by atoms with E-state index in [1.807, 2.05) is 67.6 Å². The van der Waals surface area contributed by atoms with Crippen molar-refractivity contribution in [3.05, 3.63) is 94.0 Å². The fourth-order valence-corrected chi connectivity index (χ4v) is 4.27. The van der Waals surface area contributed by atoms with Gasteiger partial charge in [-0.15, -0.1) is 0 Å². The lowest BCUT2D eigenvalue weighted by atomic mass is 10.1. The number of hydrogen-bond acceptors (Lipinski definition) is 5. The number of esters is 1. The number of hydrogen-bond donors (Lipinski definition) is 4. The molecule has 3 rings (SSSR count). The van der Waals surface area contributed by atoms with Crippen molar-refractivity contribution < 1.29 is 23.9 Å². The monoisotopic (exact) mass is 598 g/mol. The lowest BCUT2D eigenvalue weighted by Gasteiger charge is -2.21. The van der Waals surface area contributed by atoms with E-state index < -0.39 is 30.1 Å². The molecule has 0 aliphatic carbocycles. The van der Waals surface area contributed by atoms with Crippen LogP contribution in [0.5, 0.6) is 0 Å². The van der Waals surface area contributed by atoms with E-state index in [4.69, 9.17) is 27.9 Å². The molecule has 0 saturated carbocycles. The van der Waals surface area contributed by atoms with Crippen LogP contribution in [-0.4, -0.2) is 42.5 Å². The summed E-state index contributed by atoms with van der Waals surface area (Å²) in [6.45, 7) is 3.66. The Morgan fingerprint density at radius 3 is 1.83 bits per heavy atom. The van der Waals surface area contributed by atoms with Gasteiger partial charge in [-0.25, -0.2) is 14.4 Å². The van der Waals surface area contributed by atoms with Crippen LogP contribution >= 0.6 is 23.2 Å². The summed E-state index contributed by atoms with van der Waals surface area (Å²) < 4.78 is 5.46. The first-order valence-electron chi connectivity index (χ1n) is 13.1. The van der Waals surface area contributed by atoms with Crippen LogP contribution in [-0.2, 0) is 27.2 Å². The van der Waals surface area contributed by atoms with Gasteiger partial charge in [0, 0.05) is 6.42 Å². The molecule has 41 heavy (non-hydrogen) atoms. The Hall–Kier alpha value is -4.08. The summed E-state index contributed by atoms with van der Waals surface area (Å²) in [7, 11) is 0. The number of nitrogens with one attached hydrogen (secondary N) is 4. The van der Waals surface area contributed by atoms with Crippen LogP contribution in [0.4, 0.5) is 21.0 Å². The third-order valence-electron chi connectivity index (χ3n) is 6.10. The van der Waals surface area contributed by atoms with Gasteiger partial charge in [0.1, 0.15) is 12.3 Å². The van der Waals surface area contributed by atoms with E-state index in [0.29, 0.717) is 19.1 Å². The minimum absolute atomic E-state index is 0.104. The molecule has 0 saturated heterocycles. The first-order chi connectivity index (χ1) is 19.7. The average molecular weight is 600 g/mol. The van der Waals surface area contributed by atoms with Crippen molar-refractivity contribution in [2.75, 3.05) is 10.6 Å². The summed E-state index contributed by atoms with van der Waals surface area (Å²) in [4.78, 5) is 49.9. The van der Waals surface area contributed by atoms with Gasteiger partial charge in [0.25, 0.3) is 0 Å². The van der Waals surface area contributed by atoms with Gasteiger partial charge in [-0.2, -0.15) is 0 Å². The number of ether oxygens (including phenoxy) is 1. The van der Waals surface area contributed by atoms with Crippen LogP contribution in [0.2, 0.25) is 10.0 Å². The number of rotatable bonds is 12. The number of aldehydes is 1. The van der Waals surface area contributed by atoms with E-state index in [0.717, 1.165) is 11.1 Å². The Morgan fingerprint density at radius 2 is 1.32 bits per heavy atom. The van der Waals surface area contributed by atoms with E-state index in [-0.39, 0.29) is 33.9 Å². The van der Waals surface area contributed by atoms with Gasteiger partial charge in [-0.3, -0.25) is 0 Å². The SMILES string of the molecule is CCC(C)OC(=O)[C@H](Cc1ccccc1)NC(=O)Nc1cc(NC(=O)N[C@H](C=O)Cc2ccccc2)c(Cl)cc1Cl. The molecule has 3 aromatic rings. The Balaban J connectivity index is 1.68. The molecule has 4 amide bonds. The van der Waals surface area contributed by atoms with Gasteiger partial charge in [0.15, 0.2) is 0 Å². The second kappa shape index (κ2) is 15.6. The molecule has 0 aliphatic rings. The molecule has 0 spiro atoms. The maximum absolute atomic E-state index is 12.9. The van der Waals surface area contributed by atoms with E-state index in [9.17, 15) is 19.2 Å². The third kappa shape index (κ3) is 10.1. The molecular weight excluding hydrogens is 567 g/mol. The molecule has 0 aromatic heterocycles. The number of carbonyl (C=O) groups is 4. The Labute approximate surface area is 248 Å². The van der Waals surface area contributed by atoms with Crippen molar-refractivity contribution in [2.24, 2.45) is 0 Å².